The van der Waals surface area contributed by atoms with Gasteiger partial charge in [0, 0.05) is 18.1 Å². The van der Waals surface area contributed by atoms with Gasteiger partial charge >= 0.3 is 0 Å². The Labute approximate surface area is 197 Å². The summed E-state index contributed by atoms with van der Waals surface area (Å²) in [4.78, 5) is 21.0. The summed E-state index contributed by atoms with van der Waals surface area (Å²) in [6.07, 6.45) is 11.1. The van der Waals surface area contributed by atoms with E-state index in [4.69, 9.17) is 14.2 Å². The van der Waals surface area contributed by atoms with Crippen LogP contribution in [-0.4, -0.2) is 26.6 Å². The molecular formula is C27H30N4O3. The molecule has 0 spiro atoms. The Morgan fingerprint density at radius 2 is 1.85 bits per heavy atom. The molecule has 8 rings (SSSR count). The third-order valence-corrected chi connectivity index (χ3v) is 8.88. The lowest BCUT2D eigenvalue weighted by Crippen LogP contribution is -2.47. The molecule has 3 heterocycles. The smallest absolute Gasteiger partial charge is 0.258 e. The van der Waals surface area contributed by atoms with Crippen molar-refractivity contribution in [3.8, 4) is 16.9 Å². The lowest BCUT2D eigenvalue weighted by Gasteiger charge is -2.56. The third kappa shape index (κ3) is 2.85. The van der Waals surface area contributed by atoms with E-state index in [0.717, 1.165) is 58.0 Å². The highest BCUT2D eigenvalue weighted by atomic mass is 16.5. The number of aromatic amines is 1. The molecule has 1 aromatic carbocycles. The van der Waals surface area contributed by atoms with E-state index in [0.29, 0.717) is 22.3 Å². The molecule has 4 aliphatic carbocycles. The van der Waals surface area contributed by atoms with Gasteiger partial charge in [-0.15, -0.1) is 0 Å². The number of hydrogen-bond donors (Lipinski definition) is 1. The molecule has 0 radical (unpaired) electrons. The topological polar surface area (TPSA) is 85.4 Å². The highest BCUT2D eigenvalue weighted by Crippen LogP contribution is 2.61. The van der Waals surface area contributed by atoms with Crippen LogP contribution < -0.4 is 10.3 Å². The van der Waals surface area contributed by atoms with Gasteiger partial charge in [0.1, 0.15) is 23.0 Å². The Hall–Kier alpha value is -3.09. The first kappa shape index (κ1) is 20.3. The molecule has 0 unspecified atom stereocenters. The highest BCUT2D eigenvalue weighted by molar-refractivity contribution is 5.90. The van der Waals surface area contributed by atoms with E-state index in [2.05, 4.69) is 14.5 Å². The summed E-state index contributed by atoms with van der Waals surface area (Å²) in [7, 11) is 1.66. The fourth-order valence-electron chi connectivity index (χ4n) is 8.07. The average molecular weight is 459 g/mol. The van der Waals surface area contributed by atoms with E-state index in [1.807, 2.05) is 32.2 Å². The Morgan fingerprint density at radius 1 is 1.15 bits per heavy atom. The van der Waals surface area contributed by atoms with Crippen molar-refractivity contribution in [2.24, 2.45) is 23.2 Å². The van der Waals surface area contributed by atoms with Crippen LogP contribution in [0.1, 0.15) is 55.8 Å². The van der Waals surface area contributed by atoms with Gasteiger partial charge in [-0.25, -0.2) is 4.98 Å². The van der Waals surface area contributed by atoms with Gasteiger partial charge in [-0.1, -0.05) is 5.16 Å². The quantitative estimate of drug-likeness (QED) is 0.453. The SMILES string of the molecule is COc1cc2c(cc1-c1c(C)noc1C)c(=O)[nH]c1cnc(CC34CC5CC(CC(C5)C3)C4)n12. The number of hydrogen-bond acceptors (Lipinski definition) is 5. The van der Waals surface area contributed by atoms with Crippen molar-refractivity contribution < 1.29 is 9.26 Å². The van der Waals surface area contributed by atoms with Gasteiger partial charge < -0.3 is 14.2 Å². The molecule has 0 amide bonds. The summed E-state index contributed by atoms with van der Waals surface area (Å²) < 4.78 is 13.4. The molecule has 34 heavy (non-hydrogen) atoms. The minimum atomic E-state index is -0.126. The molecule has 4 aromatic rings. The van der Waals surface area contributed by atoms with Crippen molar-refractivity contribution in [2.45, 2.75) is 58.8 Å². The fourth-order valence-corrected chi connectivity index (χ4v) is 8.07. The van der Waals surface area contributed by atoms with E-state index in [-0.39, 0.29) is 5.56 Å². The molecule has 4 bridgehead atoms. The van der Waals surface area contributed by atoms with Crippen LogP contribution in [0.2, 0.25) is 0 Å². The second-order valence-corrected chi connectivity index (χ2v) is 11.2. The number of ether oxygens (including phenoxy) is 1. The van der Waals surface area contributed by atoms with Gasteiger partial charge in [0.2, 0.25) is 0 Å². The number of fused-ring (bicyclic) bond motifs is 3. The van der Waals surface area contributed by atoms with Crippen molar-refractivity contribution in [1.82, 2.24) is 19.5 Å². The van der Waals surface area contributed by atoms with Crippen LogP contribution in [0, 0.1) is 37.0 Å². The van der Waals surface area contributed by atoms with Crippen LogP contribution in [-0.2, 0) is 6.42 Å². The average Bonchev–Trinajstić information content (AvgIpc) is 3.33. The van der Waals surface area contributed by atoms with Gasteiger partial charge in [-0.05, 0) is 81.6 Å². The first-order valence-corrected chi connectivity index (χ1v) is 12.5. The maximum absolute atomic E-state index is 13.1. The number of H-pyrrole nitrogens is 1. The third-order valence-electron chi connectivity index (χ3n) is 8.88. The van der Waals surface area contributed by atoms with E-state index in [1.165, 1.54) is 38.5 Å². The number of benzene rings is 1. The summed E-state index contributed by atoms with van der Waals surface area (Å²) in [5, 5.41) is 4.72. The fraction of sp³-hybridized carbons (Fsp3) is 0.519. The second-order valence-electron chi connectivity index (χ2n) is 11.2. The van der Waals surface area contributed by atoms with Crippen molar-refractivity contribution in [3.05, 3.63) is 46.0 Å². The summed E-state index contributed by atoms with van der Waals surface area (Å²) in [6, 6.07) is 3.89. The van der Waals surface area contributed by atoms with Crippen molar-refractivity contribution >= 4 is 16.6 Å². The van der Waals surface area contributed by atoms with E-state index >= 15 is 0 Å². The lowest BCUT2D eigenvalue weighted by molar-refractivity contribution is -0.0531. The van der Waals surface area contributed by atoms with Crippen LogP contribution in [0.3, 0.4) is 0 Å². The normalized spacial score (nSPS) is 27.8. The molecule has 4 fully saturated rings. The predicted octanol–water partition coefficient (Wildman–Crippen LogP) is 5.22. The van der Waals surface area contributed by atoms with E-state index < -0.39 is 0 Å². The molecule has 7 nitrogen and oxygen atoms in total. The van der Waals surface area contributed by atoms with Crippen molar-refractivity contribution in [1.29, 1.82) is 0 Å². The molecule has 0 aliphatic heterocycles. The zero-order valence-electron chi connectivity index (χ0n) is 20.0. The van der Waals surface area contributed by atoms with Crippen LogP contribution in [0.4, 0.5) is 0 Å². The molecular weight excluding hydrogens is 428 g/mol. The Kier molecular flexibility index (Phi) is 4.16. The highest BCUT2D eigenvalue weighted by Gasteiger charge is 2.51. The number of aromatic nitrogens is 4. The predicted molar refractivity (Wildman–Crippen MR) is 129 cm³/mol. The number of aryl methyl sites for hydroxylation is 2. The Morgan fingerprint density at radius 3 is 2.47 bits per heavy atom. The molecule has 1 N–H and O–H groups in total. The molecule has 3 aromatic heterocycles. The lowest BCUT2D eigenvalue weighted by atomic mass is 9.49. The van der Waals surface area contributed by atoms with Gasteiger partial charge in [0.15, 0.2) is 0 Å². The van der Waals surface area contributed by atoms with Gasteiger partial charge in [-0.2, -0.15) is 0 Å². The first-order valence-electron chi connectivity index (χ1n) is 12.5. The zero-order chi connectivity index (χ0) is 23.2. The molecule has 4 aliphatic rings. The number of rotatable bonds is 4. The Balaban J connectivity index is 1.41. The largest absolute Gasteiger partial charge is 0.496 e. The van der Waals surface area contributed by atoms with Gasteiger partial charge in [0.25, 0.3) is 5.56 Å². The van der Waals surface area contributed by atoms with Gasteiger partial charge in [0.05, 0.1) is 35.5 Å². The summed E-state index contributed by atoms with van der Waals surface area (Å²) >= 11 is 0. The Bertz CT molecular complexity index is 1450. The standard InChI is InChI=1S/C27H30N4O3/c1-14-25(15(2)34-30-14)20-7-19-21(8-22(20)33-3)31-23(28-13-24(31)29-26(19)32)12-27-9-16-4-17(10-27)6-18(5-16)11-27/h7-8,13,16-18H,4-6,9-12H2,1-3H3,(H,29,32). The number of nitrogens with zero attached hydrogens (tertiary/aromatic N) is 3. The van der Waals surface area contributed by atoms with E-state index in [1.54, 1.807) is 7.11 Å². The first-order chi connectivity index (χ1) is 16.4. The maximum atomic E-state index is 13.1. The molecule has 0 atom stereocenters. The monoisotopic (exact) mass is 458 g/mol. The maximum Gasteiger partial charge on any atom is 0.258 e. The summed E-state index contributed by atoms with van der Waals surface area (Å²) in [6.45, 7) is 3.79. The van der Waals surface area contributed by atoms with Crippen molar-refractivity contribution in [2.75, 3.05) is 7.11 Å². The minimum Gasteiger partial charge on any atom is -0.496 e. The zero-order valence-corrected chi connectivity index (χ0v) is 20.0. The number of imidazole rings is 1. The summed E-state index contributed by atoms with van der Waals surface area (Å²) in [5.74, 6) is 5.14. The summed E-state index contributed by atoms with van der Waals surface area (Å²) in [5.41, 5.74) is 4.28. The van der Waals surface area contributed by atoms with Crippen molar-refractivity contribution in [3.63, 3.8) is 0 Å². The van der Waals surface area contributed by atoms with E-state index in [9.17, 15) is 4.79 Å². The number of nitrogens with one attached hydrogen (secondary N) is 1. The number of methoxy groups -OCH3 is 1. The molecule has 4 saturated carbocycles. The van der Waals surface area contributed by atoms with Crippen LogP contribution in [0.15, 0.2) is 27.6 Å². The molecule has 7 heteroatoms. The van der Waals surface area contributed by atoms with Crippen LogP contribution in [0.5, 0.6) is 5.75 Å². The van der Waals surface area contributed by atoms with Gasteiger partial charge in [-0.3, -0.25) is 9.20 Å². The molecule has 176 valence electrons. The molecule has 0 saturated heterocycles. The second kappa shape index (κ2) is 6.96. The minimum absolute atomic E-state index is 0.126. The van der Waals surface area contributed by atoms with Crippen LogP contribution >= 0.6 is 0 Å². The van der Waals surface area contributed by atoms with Crippen LogP contribution in [0.25, 0.3) is 27.7 Å².